The molecule has 1 aliphatic rings. The first-order valence-corrected chi connectivity index (χ1v) is 10.4. The summed E-state index contributed by atoms with van der Waals surface area (Å²) >= 11 is 3.73. The maximum Gasteiger partial charge on any atom is 0.0713 e. The van der Waals surface area contributed by atoms with Gasteiger partial charge in [0.1, 0.15) is 0 Å². The Hall–Kier alpha value is -2.64. The minimum Gasteiger partial charge on any atom is -0.0619 e. The van der Waals surface area contributed by atoms with Crippen molar-refractivity contribution in [2.24, 2.45) is 0 Å². The molecule has 4 aromatic carbocycles. The van der Waals surface area contributed by atoms with Gasteiger partial charge in [0.15, 0.2) is 0 Å². The molecule has 28 heavy (non-hydrogen) atoms. The largest absolute Gasteiger partial charge is 0.0713 e. The highest BCUT2D eigenvalue weighted by atomic mass is 79.9. The predicted molar refractivity (Wildman–Crippen MR) is 121 cm³/mol. The van der Waals surface area contributed by atoms with Crippen molar-refractivity contribution < 1.29 is 0 Å². The van der Waals surface area contributed by atoms with E-state index in [4.69, 9.17) is 0 Å². The van der Waals surface area contributed by atoms with Gasteiger partial charge in [-0.1, -0.05) is 106 Å². The molecule has 0 saturated carbocycles. The van der Waals surface area contributed by atoms with Crippen molar-refractivity contribution in [1.29, 1.82) is 0 Å². The molecule has 1 aliphatic carbocycles. The summed E-state index contributed by atoms with van der Waals surface area (Å²) in [5.74, 6) is 0. The van der Waals surface area contributed by atoms with E-state index in [9.17, 15) is 0 Å². The molecule has 0 aliphatic heterocycles. The Morgan fingerprint density at radius 2 is 1.11 bits per heavy atom. The second kappa shape index (κ2) is 6.46. The second-order valence-electron chi connectivity index (χ2n) is 7.72. The van der Waals surface area contributed by atoms with Crippen molar-refractivity contribution >= 4 is 15.9 Å². The molecule has 0 saturated heterocycles. The first-order chi connectivity index (χ1) is 13.6. The third-order valence-electron chi connectivity index (χ3n) is 5.98. The molecule has 0 unspecified atom stereocenters. The SMILES string of the molecule is Cc1ccc(C2(c3ccc(C)cc3)c3ccccc3-c3ccc(Br)cc32)cc1. The number of aryl methyl sites for hydroxylation is 2. The van der Waals surface area contributed by atoms with Gasteiger partial charge in [-0.2, -0.15) is 0 Å². The predicted octanol–water partition coefficient (Wildman–Crippen LogP) is 7.43. The van der Waals surface area contributed by atoms with E-state index in [1.54, 1.807) is 0 Å². The van der Waals surface area contributed by atoms with Crippen molar-refractivity contribution in [1.82, 2.24) is 0 Å². The number of benzene rings is 4. The van der Waals surface area contributed by atoms with E-state index in [0.29, 0.717) is 0 Å². The van der Waals surface area contributed by atoms with Crippen molar-refractivity contribution in [3.63, 3.8) is 0 Å². The molecule has 0 nitrogen and oxygen atoms in total. The lowest BCUT2D eigenvalue weighted by Gasteiger charge is -2.34. The Bertz CT molecular complexity index is 1120. The van der Waals surface area contributed by atoms with E-state index in [1.165, 1.54) is 44.5 Å². The molecule has 0 atom stereocenters. The summed E-state index contributed by atoms with van der Waals surface area (Å²) in [4.78, 5) is 0. The molecule has 0 radical (unpaired) electrons. The zero-order valence-corrected chi connectivity index (χ0v) is 17.6. The van der Waals surface area contributed by atoms with Crippen LogP contribution in [0.25, 0.3) is 11.1 Å². The molecule has 0 amide bonds. The van der Waals surface area contributed by atoms with Crippen LogP contribution < -0.4 is 0 Å². The molecule has 0 heterocycles. The molecule has 1 heteroatoms. The highest BCUT2D eigenvalue weighted by Crippen LogP contribution is 2.56. The van der Waals surface area contributed by atoms with Gasteiger partial charge in [0.05, 0.1) is 5.41 Å². The molecule has 0 bridgehead atoms. The summed E-state index contributed by atoms with van der Waals surface area (Å²) in [6.45, 7) is 4.30. The Morgan fingerprint density at radius 3 is 1.71 bits per heavy atom. The number of halogens is 1. The van der Waals surface area contributed by atoms with E-state index in [1.807, 2.05) is 0 Å². The fourth-order valence-electron chi connectivity index (χ4n) is 4.65. The van der Waals surface area contributed by atoms with E-state index < -0.39 is 0 Å². The van der Waals surface area contributed by atoms with E-state index in [2.05, 4.69) is 121 Å². The first-order valence-electron chi connectivity index (χ1n) is 9.65. The van der Waals surface area contributed by atoms with E-state index >= 15 is 0 Å². The quantitative estimate of drug-likeness (QED) is 0.276. The maximum atomic E-state index is 3.73. The molecular weight excluding hydrogens is 404 g/mol. The van der Waals surface area contributed by atoms with Crippen LogP contribution in [-0.2, 0) is 5.41 Å². The standard InChI is InChI=1S/C27H21Br/c1-18-7-11-20(12-8-18)27(21-13-9-19(2)10-14-21)25-6-4-3-5-23(25)24-16-15-22(28)17-26(24)27/h3-17H,1-2H3. The zero-order valence-electron chi connectivity index (χ0n) is 16.0. The average molecular weight is 425 g/mol. The summed E-state index contributed by atoms with van der Waals surface area (Å²) < 4.78 is 1.11. The van der Waals surface area contributed by atoms with Gasteiger partial charge < -0.3 is 0 Å². The highest BCUT2D eigenvalue weighted by molar-refractivity contribution is 9.10. The lowest BCUT2D eigenvalue weighted by atomic mass is 9.67. The van der Waals surface area contributed by atoms with E-state index in [-0.39, 0.29) is 5.41 Å². The van der Waals surface area contributed by atoms with Crippen LogP contribution in [0.4, 0.5) is 0 Å². The summed E-state index contributed by atoms with van der Waals surface area (Å²) in [6, 6.07) is 33.6. The minimum atomic E-state index is -0.308. The third-order valence-corrected chi connectivity index (χ3v) is 6.47. The molecule has 0 aromatic heterocycles. The van der Waals surface area contributed by atoms with Gasteiger partial charge in [0.2, 0.25) is 0 Å². The number of rotatable bonds is 2. The van der Waals surface area contributed by atoms with Crippen LogP contribution in [0.15, 0.2) is 95.5 Å². The van der Waals surface area contributed by atoms with Gasteiger partial charge >= 0.3 is 0 Å². The van der Waals surface area contributed by atoms with Gasteiger partial charge in [0.25, 0.3) is 0 Å². The summed E-state index contributed by atoms with van der Waals surface area (Å²) in [6.07, 6.45) is 0. The fourth-order valence-corrected chi connectivity index (χ4v) is 5.01. The summed E-state index contributed by atoms with van der Waals surface area (Å²) in [7, 11) is 0. The Labute approximate surface area is 175 Å². The number of hydrogen-bond acceptors (Lipinski definition) is 0. The van der Waals surface area contributed by atoms with Crippen molar-refractivity contribution in [2.75, 3.05) is 0 Å². The van der Waals surface area contributed by atoms with Crippen LogP contribution in [0.3, 0.4) is 0 Å². The Balaban J connectivity index is 1.96. The van der Waals surface area contributed by atoms with Crippen LogP contribution in [0.1, 0.15) is 33.4 Å². The Morgan fingerprint density at radius 1 is 0.571 bits per heavy atom. The molecule has 0 fully saturated rings. The third kappa shape index (κ3) is 2.43. The molecule has 4 aromatic rings. The minimum absolute atomic E-state index is 0.308. The van der Waals surface area contributed by atoms with E-state index in [0.717, 1.165) is 4.47 Å². The van der Waals surface area contributed by atoms with Crippen molar-refractivity contribution in [3.8, 4) is 11.1 Å². The average Bonchev–Trinajstić information content (AvgIpc) is 3.00. The molecule has 0 spiro atoms. The fraction of sp³-hybridized carbons (Fsp3) is 0.111. The smallest absolute Gasteiger partial charge is 0.0619 e. The molecule has 5 rings (SSSR count). The van der Waals surface area contributed by atoms with Crippen LogP contribution in [0.5, 0.6) is 0 Å². The maximum absolute atomic E-state index is 3.73. The molecule has 0 N–H and O–H groups in total. The van der Waals surface area contributed by atoms with Gasteiger partial charge in [-0.05, 0) is 59.4 Å². The van der Waals surface area contributed by atoms with Crippen LogP contribution in [0.2, 0.25) is 0 Å². The van der Waals surface area contributed by atoms with Crippen molar-refractivity contribution in [3.05, 3.63) is 129 Å². The van der Waals surface area contributed by atoms with Gasteiger partial charge in [-0.3, -0.25) is 0 Å². The van der Waals surface area contributed by atoms with Crippen LogP contribution in [0, 0.1) is 13.8 Å². The topological polar surface area (TPSA) is 0 Å². The number of hydrogen-bond donors (Lipinski definition) is 0. The van der Waals surface area contributed by atoms with Crippen LogP contribution in [-0.4, -0.2) is 0 Å². The summed E-state index contributed by atoms with van der Waals surface area (Å²) in [5, 5.41) is 0. The Kier molecular flexibility index (Phi) is 4.03. The highest BCUT2D eigenvalue weighted by Gasteiger charge is 2.45. The van der Waals surface area contributed by atoms with Crippen LogP contribution >= 0.6 is 15.9 Å². The molecule has 136 valence electrons. The van der Waals surface area contributed by atoms with Crippen molar-refractivity contribution in [2.45, 2.75) is 19.3 Å². The zero-order chi connectivity index (χ0) is 19.3. The molecular formula is C27H21Br. The monoisotopic (exact) mass is 424 g/mol. The summed E-state index contributed by atoms with van der Waals surface area (Å²) in [5.41, 5.74) is 10.2. The number of fused-ring (bicyclic) bond motifs is 3. The lowest BCUT2D eigenvalue weighted by Crippen LogP contribution is -2.28. The lowest BCUT2D eigenvalue weighted by molar-refractivity contribution is 0.767. The second-order valence-corrected chi connectivity index (χ2v) is 8.63. The van der Waals surface area contributed by atoms with Gasteiger partial charge in [0, 0.05) is 4.47 Å². The normalized spacial score (nSPS) is 13.8. The van der Waals surface area contributed by atoms with Gasteiger partial charge in [-0.15, -0.1) is 0 Å². The van der Waals surface area contributed by atoms with Gasteiger partial charge in [-0.25, -0.2) is 0 Å². The first kappa shape index (κ1) is 17.5.